The van der Waals surface area contributed by atoms with E-state index < -0.39 is 69.8 Å². The van der Waals surface area contributed by atoms with Crippen LogP contribution < -0.4 is 10.7 Å². The number of pyridine rings is 1. The van der Waals surface area contributed by atoms with Crippen LogP contribution in [0.4, 0.5) is 8.78 Å². The molecule has 1 aromatic carbocycles. The first-order chi connectivity index (χ1) is 25.9. The number of amides is 2. The zero-order valence-electron chi connectivity index (χ0n) is 31.2. The Balaban J connectivity index is 0.000000170. The number of hydrogen-bond donors (Lipinski definition) is 5. The van der Waals surface area contributed by atoms with Crippen LogP contribution in [0.2, 0.25) is 0 Å². The van der Waals surface area contributed by atoms with Crippen molar-refractivity contribution in [3.8, 4) is 5.75 Å². The van der Waals surface area contributed by atoms with Gasteiger partial charge in [-0.2, -0.15) is 0 Å². The fourth-order valence-electron chi connectivity index (χ4n) is 11.2. The summed E-state index contributed by atoms with van der Waals surface area (Å²) in [5, 5.41) is 43.3. The molecule has 2 aliphatic heterocycles. The normalized spacial score (nSPS) is 36.1. The molecule has 1 saturated heterocycles. The Morgan fingerprint density at radius 2 is 1.82 bits per heavy atom. The largest absolute Gasteiger partial charge is 0.503 e. The molecular weight excluding hydrogens is 720 g/mol. The molecule has 298 valence electrons. The SMILES string of the molecule is C[C@H]1CO[C@@H]2Cn3cc(C(=O)NCc4ccc(F)cc4F)c(=O)c(O)c3C(=O)N12.C[C@]12CC[C@@H](O)C[C@H]1CC[C@@H]1[C@@H]2C(=O)C[C@@]2(C)[C@H]1CC[C@]2(O)C(=O)CO. The number of aliphatic hydroxyl groups excluding tert-OH is 2. The third kappa shape index (κ3) is 6.21. The Morgan fingerprint density at radius 1 is 1.07 bits per heavy atom. The molecule has 2 aromatic rings. The summed E-state index contributed by atoms with van der Waals surface area (Å²) in [6.07, 6.45) is 6.09. The summed E-state index contributed by atoms with van der Waals surface area (Å²) in [4.78, 5) is 64.8. The van der Waals surface area contributed by atoms with E-state index in [-0.39, 0.29) is 71.9 Å². The van der Waals surface area contributed by atoms with Gasteiger partial charge < -0.3 is 39.9 Å². The van der Waals surface area contributed by atoms with Crippen LogP contribution >= 0.6 is 0 Å². The Kier molecular flexibility index (Phi) is 10.1. The summed E-state index contributed by atoms with van der Waals surface area (Å²) in [6, 6.07) is 2.70. The van der Waals surface area contributed by atoms with Gasteiger partial charge in [-0.3, -0.25) is 24.0 Å². The second-order valence-electron chi connectivity index (χ2n) is 17.0. The van der Waals surface area contributed by atoms with Gasteiger partial charge in [0, 0.05) is 42.1 Å². The number of aliphatic hydroxyl groups is 3. The average molecular weight is 770 g/mol. The highest BCUT2D eigenvalue weighted by Crippen LogP contribution is 2.67. The number of carbonyl (C=O) groups is 4. The summed E-state index contributed by atoms with van der Waals surface area (Å²) in [6.45, 7) is 5.44. The van der Waals surface area contributed by atoms with Gasteiger partial charge >= 0.3 is 0 Å². The molecule has 4 aliphatic carbocycles. The van der Waals surface area contributed by atoms with Gasteiger partial charge in [0.1, 0.15) is 35.2 Å². The lowest BCUT2D eigenvalue weighted by atomic mass is 9.44. The summed E-state index contributed by atoms with van der Waals surface area (Å²) in [5.41, 5.74) is -3.99. The van der Waals surface area contributed by atoms with Crippen LogP contribution in [0, 0.1) is 46.1 Å². The minimum atomic E-state index is -1.58. The second-order valence-corrected chi connectivity index (χ2v) is 17.0. The molecule has 6 aliphatic rings. The van der Waals surface area contributed by atoms with Crippen LogP contribution in [0.5, 0.6) is 5.75 Å². The van der Waals surface area contributed by atoms with Crippen LogP contribution in [0.3, 0.4) is 0 Å². The minimum absolute atomic E-state index is 0.0154. The van der Waals surface area contributed by atoms with E-state index in [1.807, 2.05) is 6.92 Å². The molecule has 0 unspecified atom stereocenters. The van der Waals surface area contributed by atoms with Gasteiger partial charge in [0.25, 0.3) is 11.8 Å². The van der Waals surface area contributed by atoms with Crippen LogP contribution in [0.25, 0.3) is 0 Å². The predicted molar refractivity (Wildman–Crippen MR) is 190 cm³/mol. The number of rotatable bonds is 5. The zero-order chi connectivity index (χ0) is 39.8. The molecule has 0 radical (unpaired) electrons. The molecule has 5 fully saturated rings. The number of hydrogen-bond acceptors (Lipinski definition) is 10. The van der Waals surface area contributed by atoms with Crippen molar-refractivity contribution in [2.24, 2.45) is 34.5 Å². The van der Waals surface area contributed by atoms with Crippen molar-refractivity contribution in [1.29, 1.82) is 0 Å². The van der Waals surface area contributed by atoms with Gasteiger partial charge in [-0.25, -0.2) is 8.78 Å². The van der Waals surface area contributed by atoms with Gasteiger partial charge in [-0.15, -0.1) is 0 Å². The van der Waals surface area contributed by atoms with Crippen LogP contribution in [0.15, 0.2) is 29.2 Å². The van der Waals surface area contributed by atoms with Crippen molar-refractivity contribution in [3.05, 3.63) is 63.1 Å². The van der Waals surface area contributed by atoms with Gasteiger partial charge in [0.05, 0.1) is 25.3 Å². The summed E-state index contributed by atoms with van der Waals surface area (Å²) >= 11 is 0. The van der Waals surface area contributed by atoms with E-state index in [9.17, 15) is 53.2 Å². The standard InChI is InChI=1S/C21H32O5.C19H17F2N3O5/c1-19-7-5-13(23)9-12(19)3-4-14-15-6-8-21(26,17(25)11-22)20(15,2)10-16(24)18(14)19;1-9-8-29-14-7-23-6-12(16(25)17(26)15(23)19(28)24(9)14)18(27)22-5-10-2-3-11(20)4-13(10)21/h12-15,18,22-23,26H,3-11H2,1-2H3;2-4,6,9,14,26H,5,7-8H2,1H3,(H,22,27)/t12-,13-,14+,15+,18-,19+,20+,21+;9-,14+/m10/s1. The molecule has 55 heavy (non-hydrogen) atoms. The maximum atomic E-state index is 13.7. The summed E-state index contributed by atoms with van der Waals surface area (Å²) in [5.74, 6) is -3.45. The highest BCUT2D eigenvalue weighted by molar-refractivity contribution is 5.99. The Hall–Kier alpha value is -4.05. The van der Waals surface area contributed by atoms with E-state index >= 15 is 0 Å². The molecule has 13 nitrogen and oxygen atoms in total. The van der Waals surface area contributed by atoms with E-state index in [0.717, 1.165) is 44.6 Å². The number of nitrogens with zero attached hydrogens (tertiary/aromatic N) is 2. The van der Waals surface area contributed by atoms with Crippen molar-refractivity contribution in [3.63, 3.8) is 0 Å². The maximum Gasteiger partial charge on any atom is 0.276 e. The fourth-order valence-corrected chi connectivity index (χ4v) is 11.2. The molecule has 0 spiro atoms. The van der Waals surface area contributed by atoms with E-state index in [2.05, 4.69) is 12.2 Å². The number of aromatic hydroxyl groups is 1. The summed E-state index contributed by atoms with van der Waals surface area (Å²) in [7, 11) is 0. The lowest BCUT2D eigenvalue weighted by molar-refractivity contribution is -0.180. The third-order valence-corrected chi connectivity index (χ3v) is 14.1. The number of aromatic nitrogens is 1. The molecule has 10 atom stereocenters. The van der Waals surface area contributed by atoms with E-state index in [4.69, 9.17) is 4.74 Å². The number of Topliss-reactive ketones (excluding diaryl/α,β-unsaturated/α-hetero) is 2. The average Bonchev–Trinajstić information content (AvgIpc) is 3.65. The van der Waals surface area contributed by atoms with Crippen LogP contribution in [0.1, 0.15) is 98.5 Å². The van der Waals surface area contributed by atoms with Crippen molar-refractivity contribution in [2.75, 3.05) is 13.2 Å². The molecule has 8 rings (SSSR count). The first-order valence-electron chi connectivity index (χ1n) is 19.1. The van der Waals surface area contributed by atoms with Gasteiger partial charge in [0.2, 0.25) is 5.43 Å². The molecule has 5 N–H and O–H groups in total. The topological polar surface area (TPSA) is 196 Å². The number of nitrogens with one attached hydrogen (secondary N) is 1. The lowest BCUT2D eigenvalue weighted by Gasteiger charge is -2.60. The molecule has 1 aromatic heterocycles. The molecule has 15 heteroatoms. The molecular formula is C40H49F2N3O10. The first kappa shape index (κ1) is 39.2. The Bertz CT molecular complexity index is 1990. The van der Waals surface area contributed by atoms with Crippen molar-refractivity contribution in [1.82, 2.24) is 14.8 Å². The van der Waals surface area contributed by atoms with Gasteiger partial charge in [0.15, 0.2) is 23.5 Å². The van der Waals surface area contributed by atoms with Crippen molar-refractivity contribution in [2.45, 2.75) is 109 Å². The van der Waals surface area contributed by atoms with E-state index in [1.54, 1.807) is 6.92 Å². The predicted octanol–water partition coefficient (Wildman–Crippen LogP) is 2.82. The summed E-state index contributed by atoms with van der Waals surface area (Å²) < 4.78 is 33.6. The van der Waals surface area contributed by atoms with E-state index in [0.29, 0.717) is 25.0 Å². The number of fused-ring (bicyclic) bond motifs is 7. The Labute approximate surface area is 316 Å². The number of benzene rings is 1. The fraction of sp³-hybridized carbons (Fsp3) is 0.625. The van der Waals surface area contributed by atoms with Crippen LogP contribution in [-0.2, 0) is 27.4 Å². The zero-order valence-corrected chi connectivity index (χ0v) is 31.2. The Morgan fingerprint density at radius 3 is 2.53 bits per heavy atom. The quantitative estimate of drug-likeness (QED) is 0.302. The van der Waals surface area contributed by atoms with Gasteiger partial charge in [-0.05, 0) is 81.1 Å². The molecule has 2 amide bonds. The third-order valence-electron chi connectivity index (χ3n) is 14.1. The monoisotopic (exact) mass is 769 g/mol. The highest BCUT2D eigenvalue weighted by Gasteiger charge is 2.68. The van der Waals surface area contributed by atoms with Crippen molar-refractivity contribution < 1.29 is 53.1 Å². The second kappa shape index (κ2) is 14.2. The number of ketones is 2. The number of carbonyl (C=O) groups excluding carboxylic acids is 4. The highest BCUT2D eigenvalue weighted by atomic mass is 19.1. The van der Waals surface area contributed by atoms with Gasteiger partial charge in [-0.1, -0.05) is 19.9 Å². The molecule has 4 saturated carbocycles. The number of ether oxygens (including phenoxy) is 1. The molecule has 3 heterocycles. The van der Waals surface area contributed by atoms with Crippen molar-refractivity contribution >= 4 is 23.4 Å². The molecule has 0 bridgehead atoms. The van der Waals surface area contributed by atoms with E-state index in [1.165, 1.54) is 21.7 Å². The minimum Gasteiger partial charge on any atom is -0.503 e. The van der Waals surface area contributed by atoms with Crippen LogP contribution in [-0.4, -0.2) is 90.5 Å². The lowest BCUT2D eigenvalue weighted by Crippen LogP contribution is -2.62. The smallest absolute Gasteiger partial charge is 0.276 e. The maximum absolute atomic E-state index is 13.7. The number of halogens is 2. The first-order valence-corrected chi connectivity index (χ1v) is 19.1.